The Balaban J connectivity index is 1.54. The molecular weight excluding hydrogens is 358 g/mol. The monoisotopic (exact) mass is 385 g/mol. The van der Waals surface area contributed by atoms with Gasteiger partial charge in [-0.25, -0.2) is 4.68 Å². The van der Waals surface area contributed by atoms with Crippen molar-refractivity contribution in [3.8, 4) is 5.69 Å². The van der Waals surface area contributed by atoms with Gasteiger partial charge in [0.1, 0.15) is 12.2 Å². The predicted octanol–water partition coefficient (Wildman–Crippen LogP) is 2.53. The summed E-state index contributed by atoms with van der Waals surface area (Å²) in [6, 6.07) is 11.9. The Morgan fingerprint density at radius 2 is 2.11 bits per heavy atom. The van der Waals surface area contributed by atoms with Crippen LogP contribution in [0.4, 0.5) is 0 Å². The van der Waals surface area contributed by atoms with Crippen LogP contribution in [0.25, 0.3) is 5.69 Å². The number of ether oxygens (including phenoxy) is 3. The van der Waals surface area contributed by atoms with E-state index in [1.54, 1.807) is 6.20 Å². The van der Waals surface area contributed by atoms with Crippen molar-refractivity contribution in [2.45, 2.75) is 51.2 Å². The Kier molecular flexibility index (Phi) is 5.48. The Morgan fingerprint density at radius 1 is 1.29 bits per heavy atom. The van der Waals surface area contributed by atoms with Crippen molar-refractivity contribution in [3.63, 3.8) is 0 Å². The van der Waals surface area contributed by atoms with Crippen LogP contribution in [-0.4, -0.2) is 58.3 Å². The summed E-state index contributed by atoms with van der Waals surface area (Å²) in [5.41, 5.74) is 1.91. The summed E-state index contributed by atoms with van der Waals surface area (Å²) in [6.45, 7) is 5.80. The van der Waals surface area contributed by atoms with Gasteiger partial charge in [-0.1, -0.05) is 18.2 Å². The highest BCUT2D eigenvalue weighted by Crippen LogP contribution is 2.25. The summed E-state index contributed by atoms with van der Waals surface area (Å²) in [6.07, 6.45) is 2.91. The molecule has 28 heavy (non-hydrogen) atoms. The van der Waals surface area contributed by atoms with Crippen molar-refractivity contribution in [1.82, 2.24) is 14.7 Å². The van der Waals surface area contributed by atoms with Crippen LogP contribution in [-0.2, 0) is 25.5 Å². The average molecular weight is 385 g/mol. The lowest BCUT2D eigenvalue weighted by Gasteiger charge is -2.28. The average Bonchev–Trinajstić information content (AvgIpc) is 3.43. The van der Waals surface area contributed by atoms with Crippen molar-refractivity contribution in [3.05, 3.63) is 48.3 Å². The molecule has 0 bridgehead atoms. The standard InChI is InChI=1S/C21H27N3O4/c1-21(2)27-15-18(28-21)14-23(20(25)19-9-6-12-26-19)13-17-10-11-22-24(17)16-7-4-3-5-8-16/h3-5,7-8,10-11,18-19H,6,9,12-15H2,1-2H3/t18-,19-/m0/s1. The number of aromatic nitrogens is 2. The van der Waals surface area contributed by atoms with E-state index < -0.39 is 5.79 Å². The summed E-state index contributed by atoms with van der Waals surface area (Å²) < 4.78 is 19.1. The van der Waals surface area contributed by atoms with Crippen molar-refractivity contribution >= 4 is 5.91 Å². The van der Waals surface area contributed by atoms with Crippen LogP contribution >= 0.6 is 0 Å². The molecule has 2 saturated heterocycles. The zero-order valence-electron chi connectivity index (χ0n) is 16.4. The van der Waals surface area contributed by atoms with E-state index in [1.807, 2.05) is 59.8 Å². The molecule has 0 radical (unpaired) electrons. The molecule has 7 nitrogen and oxygen atoms in total. The lowest BCUT2D eigenvalue weighted by Crippen LogP contribution is -2.43. The molecule has 7 heteroatoms. The first-order valence-electron chi connectivity index (χ1n) is 9.82. The van der Waals surface area contributed by atoms with Crippen LogP contribution in [0.1, 0.15) is 32.4 Å². The molecule has 3 heterocycles. The zero-order valence-corrected chi connectivity index (χ0v) is 16.4. The SMILES string of the molecule is CC1(C)OC[C@H](CN(Cc2ccnn2-c2ccccc2)C(=O)[C@@H]2CCCO2)O1. The molecule has 1 aromatic heterocycles. The van der Waals surface area contributed by atoms with Gasteiger partial charge in [-0.15, -0.1) is 0 Å². The number of hydrogen-bond acceptors (Lipinski definition) is 5. The maximum absolute atomic E-state index is 13.1. The van der Waals surface area contributed by atoms with Crippen molar-refractivity contribution in [2.24, 2.45) is 0 Å². The van der Waals surface area contributed by atoms with Crippen LogP contribution in [0.5, 0.6) is 0 Å². The molecule has 0 spiro atoms. The summed E-state index contributed by atoms with van der Waals surface area (Å²) in [7, 11) is 0. The van der Waals surface area contributed by atoms with Crippen LogP contribution in [0.2, 0.25) is 0 Å². The van der Waals surface area contributed by atoms with Crippen LogP contribution < -0.4 is 0 Å². The maximum Gasteiger partial charge on any atom is 0.252 e. The second-order valence-electron chi connectivity index (χ2n) is 7.74. The molecular formula is C21H27N3O4. The molecule has 2 aromatic rings. The first-order valence-corrected chi connectivity index (χ1v) is 9.82. The first-order chi connectivity index (χ1) is 13.5. The molecule has 0 aliphatic carbocycles. The molecule has 2 atom stereocenters. The number of amides is 1. The van der Waals surface area contributed by atoms with Gasteiger partial charge < -0.3 is 19.1 Å². The van der Waals surface area contributed by atoms with E-state index >= 15 is 0 Å². The molecule has 0 N–H and O–H groups in total. The van der Waals surface area contributed by atoms with Crippen molar-refractivity contribution in [2.75, 3.05) is 19.8 Å². The summed E-state index contributed by atoms with van der Waals surface area (Å²) in [5.74, 6) is -0.610. The summed E-state index contributed by atoms with van der Waals surface area (Å²) in [5, 5.41) is 4.44. The first kappa shape index (κ1) is 19.1. The van der Waals surface area contributed by atoms with Gasteiger partial charge >= 0.3 is 0 Å². The highest BCUT2D eigenvalue weighted by atomic mass is 16.7. The van der Waals surface area contributed by atoms with Gasteiger partial charge in [0.05, 0.1) is 24.5 Å². The second-order valence-corrected chi connectivity index (χ2v) is 7.74. The fourth-order valence-electron chi connectivity index (χ4n) is 3.76. The highest BCUT2D eigenvalue weighted by Gasteiger charge is 2.36. The highest BCUT2D eigenvalue weighted by molar-refractivity contribution is 5.81. The Bertz CT molecular complexity index is 799. The molecule has 2 fully saturated rings. The number of hydrogen-bond donors (Lipinski definition) is 0. The molecule has 4 rings (SSSR count). The van der Waals surface area contributed by atoms with E-state index in [0.717, 1.165) is 24.2 Å². The number of carbonyl (C=O) groups excluding carboxylic acids is 1. The molecule has 0 saturated carbocycles. The minimum absolute atomic E-state index is 0.00613. The minimum atomic E-state index is -0.616. The zero-order chi connectivity index (χ0) is 19.6. The smallest absolute Gasteiger partial charge is 0.252 e. The third kappa shape index (κ3) is 4.27. The molecule has 0 unspecified atom stereocenters. The molecule has 2 aliphatic rings. The van der Waals surface area contributed by atoms with E-state index in [2.05, 4.69) is 5.10 Å². The van der Waals surface area contributed by atoms with Gasteiger partial charge in [0, 0.05) is 19.3 Å². The summed E-state index contributed by atoms with van der Waals surface area (Å²) >= 11 is 0. The minimum Gasteiger partial charge on any atom is -0.368 e. The molecule has 150 valence electrons. The number of nitrogens with zero attached hydrogens (tertiary/aromatic N) is 3. The van der Waals surface area contributed by atoms with E-state index in [-0.39, 0.29) is 18.1 Å². The van der Waals surface area contributed by atoms with E-state index in [1.165, 1.54) is 0 Å². The Morgan fingerprint density at radius 3 is 2.79 bits per heavy atom. The van der Waals surface area contributed by atoms with Crippen LogP contribution in [0.15, 0.2) is 42.6 Å². The number of benzene rings is 1. The number of rotatable bonds is 6. The second kappa shape index (κ2) is 8.03. The predicted molar refractivity (Wildman–Crippen MR) is 103 cm³/mol. The van der Waals surface area contributed by atoms with E-state index in [4.69, 9.17) is 14.2 Å². The summed E-state index contributed by atoms with van der Waals surface area (Å²) in [4.78, 5) is 15.0. The van der Waals surface area contributed by atoms with Gasteiger partial charge in [0.2, 0.25) is 0 Å². The van der Waals surface area contributed by atoms with Crippen LogP contribution in [0, 0.1) is 0 Å². The Labute approximate surface area is 165 Å². The fourth-order valence-corrected chi connectivity index (χ4v) is 3.76. The normalized spacial score (nSPS) is 23.8. The van der Waals surface area contributed by atoms with Gasteiger partial charge in [0.15, 0.2) is 5.79 Å². The lowest BCUT2D eigenvalue weighted by atomic mass is 10.2. The number of carbonyl (C=O) groups is 1. The van der Waals surface area contributed by atoms with Gasteiger partial charge in [-0.3, -0.25) is 4.79 Å². The largest absolute Gasteiger partial charge is 0.368 e. The lowest BCUT2D eigenvalue weighted by molar-refractivity contribution is -0.151. The van der Waals surface area contributed by atoms with Gasteiger partial charge in [-0.05, 0) is 44.9 Å². The van der Waals surface area contributed by atoms with E-state index in [9.17, 15) is 4.79 Å². The van der Waals surface area contributed by atoms with Crippen molar-refractivity contribution in [1.29, 1.82) is 0 Å². The molecule has 2 aliphatic heterocycles. The number of para-hydroxylation sites is 1. The van der Waals surface area contributed by atoms with Gasteiger partial charge in [0.25, 0.3) is 5.91 Å². The van der Waals surface area contributed by atoms with Gasteiger partial charge in [-0.2, -0.15) is 5.10 Å². The Hall–Kier alpha value is -2.22. The molecule has 1 aromatic carbocycles. The third-order valence-corrected chi connectivity index (χ3v) is 5.08. The van der Waals surface area contributed by atoms with E-state index in [0.29, 0.717) is 26.3 Å². The fraction of sp³-hybridized carbons (Fsp3) is 0.524. The quantitative estimate of drug-likeness (QED) is 0.765. The maximum atomic E-state index is 13.1. The molecule has 1 amide bonds. The van der Waals surface area contributed by atoms with Crippen molar-refractivity contribution < 1.29 is 19.0 Å². The third-order valence-electron chi connectivity index (χ3n) is 5.08. The van der Waals surface area contributed by atoms with Crippen LogP contribution in [0.3, 0.4) is 0 Å². The topological polar surface area (TPSA) is 65.8 Å².